The molecule has 0 atom stereocenters. The van der Waals surface area contributed by atoms with E-state index in [2.05, 4.69) is 32.7 Å². The van der Waals surface area contributed by atoms with E-state index in [-0.39, 0.29) is 0 Å². The first-order valence-electron chi connectivity index (χ1n) is 10.3. The van der Waals surface area contributed by atoms with Crippen LogP contribution in [0, 0.1) is 5.92 Å². The lowest BCUT2D eigenvalue weighted by Gasteiger charge is -2.34. The van der Waals surface area contributed by atoms with Crippen LogP contribution >= 0.6 is 22.7 Å². The van der Waals surface area contributed by atoms with Crippen LogP contribution in [0.25, 0.3) is 10.6 Å². The lowest BCUT2D eigenvalue weighted by atomic mass is 9.86. The monoisotopic (exact) mass is 403 g/mol. The number of carbonyl (C=O) groups is 1. The Morgan fingerprint density at radius 3 is 2.67 bits per heavy atom. The van der Waals surface area contributed by atoms with Crippen LogP contribution in [-0.4, -0.2) is 46.9 Å². The predicted molar refractivity (Wildman–Crippen MR) is 113 cm³/mol. The minimum absolute atomic E-state index is 0.370. The van der Waals surface area contributed by atoms with Gasteiger partial charge in [0, 0.05) is 38.0 Å². The fourth-order valence-electron chi connectivity index (χ4n) is 4.23. The fourth-order valence-corrected chi connectivity index (χ4v) is 5.83. The SMILES string of the molecule is O=C(CCC1CCCCC1)N1CCN(Cc2nc(-c3cccs3)cs2)CC1. The van der Waals surface area contributed by atoms with Gasteiger partial charge < -0.3 is 4.90 Å². The Hall–Kier alpha value is -1.24. The summed E-state index contributed by atoms with van der Waals surface area (Å²) >= 11 is 3.49. The molecule has 1 saturated carbocycles. The zero-order chi connectivity index (χ0) is 18.5. The van der Waals surface area contributed by atoms with Crippen molar-refractivity contribution in [3.63, 3.8) is 0 Å². The molecule has 1 aliphatic carbocycles. The lowest BCUT2D eigenvalue weighted by Crippen LogP contribution is -2.48. The number of amides is 1. The van der Waals surface area contributed by atoms with E-state index in [9.17, 15) is 4.79 Å². The second-order valence-electron chi connectivity index (χ2n) is 7.80. The first-order valence-corrected chi connectivity index (χ1v) is 12.0. The summed E-state index contributed by atoms with van der Waals surface area (Å²) in [7, 11) is 0. The van der Waals surface area contributed by atoms with E-state index in [4.69, 9.17) is 4.98 Å². The number of carbonyl (C=O) groups excluding carboxylic acids is 1. The average molecular weight is 404 g/mol. The Balaban J connectivity index is 1.20. The van der Waals surface area contributed by atoms with E-state index in [1.165, 1.54) is 42.0 Å². The zero-order valence-corrected chi connectivity index (χ0v) is 17.6. The van der Waals surface area contributed by atoms with Crippen molar-refractivity contribution in [2.24, 2.45) is 5.92 Å². The van der Waals surface area contributed by atoms with E-state index < -0.39 is 0 Å². The van der Waals surface area contributed by atoms with E-state index in [0.29, 0.717) is 5.91 Å². The summed E-state index contributed by atoms with van der Waals surface area (Å²) in [5.41, 5.74) is 1.10. The van der Waals surface area contributed by atoms with Gasteiger partial charge in [0.25, 0.3) is 0 Å². The molecule has 6 heteroatoms. The van der Waals surface area contributed by atoms with Crippen LogP contribution < -0.4 is 0 Å². The molecule has 3 heterocycles. The van der Waals surface area contributed by atoms with Crippen LogP contribution in [0.1, 0.15) is 50.0 Å². The number of hydrogen-bond acceptors (Lipinski definition) is 5. The standard InChI is InChI=1S/C21H29N3OS2/c25-21(9-8-17-5-2-1-3-6-17)24-12-10-23(11-13-24)15-20-22-18(16-27-20)19-7-4-14-26-19/h4,7,14,16-17H,1-3,5-6,8-13,15H2. The minimum atomic E-state index is 0.370. The van der Waals surface area contributed by atoms with Gasteiger partial charge in [-0.2, -0.15) is 0 Å². The molecule has 4 nitrogen and oxygen atoms in total. The highest BCUT2D eigenvalue weighted by Gasteiger charge is 2.23. The van der Waals surface area contributed by atoms with Crippen molar-refractivity contribution < 1.29 is 4.79 Å². The van der Waals surface area contributed by atoms with Crippen molar-refractivity contribution in [2.45, 2.75) is 51.5 Å². The molecule has 2 fully saturated rings. The summed E-state index contributed by atoms with van der Waals surface area (Å²) in [6.45, 7) is 4.56. The van der Waals surface area contributed by atoms with Gasteiger partial charge >= 0.3 is 0 Å². The largest absolute Gasteiger partial charge is 0.340 e. The van der Waals surface area contributed by atoms with Gasteiger partial charge in [-0.3, -0.25) is 9.69 Å². The molecule has 0 N–H and O–H groups in total. The van der Waals surface area contributed by atoms with Crippen molar-refractivity contribution >= 4 is 28.6 Å². The summed E-state index contributed by atoms with van der Waals surface area (Å²) < 4.78 is 0. The Bertz CT molecular complexity index is 714. The molecule has 146 valence electrons. The number of aromatic nitrogens is 1. The lowest BCUT2D eigenvalue weighted by molar-refractivity contribution is -0.133. The highest BCUT2D eigenvalue weighted by atomic mass is 32.1. The molecular weight excluding hydrogens is 374 g/mol. The number of thiazole rings is 1. The molecule has 0 bridgehead atoms. The highest BCUT2D eigenvalue weighted by molar-refractivity contribution is 7.14. The van der Waals surface area contributed by atoms with Crippen LogP contribution in [0.2, 0.25) is 0 Å². The first kappa shape index (κ1) is 19.1. The van der Waals surface area contributed by atoms with Crippen molar-refractivity contribution in [1.82, 2.24) is 14.8 Å². The molecule has 4 rings (SSSR count). The molecular formula is C21H29N3OS2. The molecule has 2 aliphatic rings. The minimum Gasteiger partial charge on any atom is -0.340 e. The molecule has 2 aromatic rings. The summed E-state index contributed by atoms with van der Waals surface area (Å²) in [5.74, 6) is 1.17. The summed E-state index contributed by atoms with van der Waals surface area (Å²) in [4.78, 5) is 23.1. The summed E-state index contributed by atoms with van der Waals surface area (Å²) in [6.07, 6.45) is 8.64. The maximum absolute atomic E-state index is 12.5. The van der Waals surface area contributed by atoms with Gasteiger partial charge in [0.2, 0.25) is 5.91 Å². The second kappa shape index (κ2) is 9.30. The van der Waals surface area contributed by atoms with Crippen LogP contribution in [0.5, 0.6) is 0 Å². The van der Waals surface area contributed by atoms with Crippen LogP contribution in [0.4, 0.5) is 0 Å². The van der Waals surface area contributed by atoms with E-state index >= 15 is 0 Å². The Morgan fingerprint density at radius 2 is 1.93 bits per heavy atom. The van der Waals surface area contributed by atoms with Crippen molar-refractivity contribution in [3.05, 3.63) is 27.9 Å². The molecule has 1 saturated heterocycles. The molecule has 27 heavy (non-hydrogen) atoms. The quantitative estimate of drug-likeness (QED) is 0.690. The number of hydrogen-bond donors (Lipinski definition) is 0. The smallest absolute Gasteiger partial charge is 0.222 e. The number of nitrogens with zero attached hydrogens (tertiary/aromatic N) is 3. The Labute approximate surface area is 170 Å². The molecule has 1 amide bonds. The van der Waals surface area contributed by atoms with E-state index in [0.717, 1.165) is 57.2 Å². The van der Waals surface area contributed by atoms with Gasteiger partial charge in [0.15, 0.2) is 0 Å². The van der Waals surface area contributed by atoms with Gasteiger partial charge in [-0.1, -0.05) is 38.2 Å². The zero-order valence-electron chi connectivity index (χ0n) is 15.9. The number of piperazine rings is 1. The summed E-state index contributed by atoms with van der Waals surface area (Å²) in [6, 6.07) is 4.20. The fraction of sp³-hybridized carbons (Fsp3) is 0.619. The maximum Gasteiger partial charge on any atom is 0.222 e. The van der Waals surface area contributed by atoms with Gasteiger partial charge in [-0.15, -0.1) is 22.7 Å². The van der Waals surface area contributed by atoms with Crippen LogP contribution in [-0.2, 0) is 11.3 Å². The van der Waals surface area contributed by atoms with Crippen molar-refractivity contribution in [1.29, 1.82) is 0 Å². The Kier molecular flexibility index (Phi) is 6.58. The topological polar surface area (TPSA) is 36.4 Å². The molecule has 0 radical (unpaired) electrons. The normalized spacial score (nSPS) is 19.5. The van der Waals surface area contributed by atoms with Crippen molar-refractivity contribution in [3.8, 4) is 10.6 Å². The van der Waals surface area contributed by atoms with Gasteiger partial charge in [-0.05, 0) is 23.8 Å². The third kappa shape index (κ3) is 5.18. The van der Waals surface area contributed by atoms with Crippen molar-refractivity contribution in [2.75, 3.05) is 26.2 Å². The average Bonchev–Trinajstić information content (AvgIpc) is 3.39. The maximum atomic E-state index is 12.5. The van der Waals surface area contributed by atoms with Gasteiger partial charge in [-0.25, -0.2) is 4.98 Å². The molecule has 0 spiro atoms. The Morgan fingerprint density at radius 1 is 1.11 bits per heavy atom. The second-order valence-corrected chi connectivity index (χ2v) is 9.69. The third-order valence-electron chi connectivity index (χ3n) is 5.90. The van der Waals surface area contributed by atoms with E-state index in [1.54, 1.807) is 22.7 Å². The molecule has 2 aromatic heterocycles. The van der Waals surface area contributed by atoms with Gasteiger partial charge in [0.1, 0.15) is 5.01 Å². The van der Waals surface area contributed by atoms with Crippen LogP contribution in [0.3, 0.4) is 0 Å². The number of rotatable bonds is 6. The molecule has 1 aliphatic heterocycles. The first-order chi connectivity index (χ1) is 13.3. The number of thiophene rings is 1. The molecule has 0 unspecified atom stereocenters. The third-order valence-corrected chi connectivity index (χ3v) is 7.63. The van der Waals surface area contributed by atoms with Gasteiger partial charge in [0.05, 0.1) is 17.1 Å². The molecule has 0 aromatic carbocycles. The van der Waals surface area contributed by atoms with Crippen LogP contribution in [0.15, 0.2) is 22.9 Å². The summed E-state index contributed by atoms with van der Waals surface area (Å²) in [5, 5.41) is 5.43. The van der Waals surface area contributed by atoms with E-state index in [1.807, 2.05) is 0 Å². The predicted octanol–water partition coefficient (Wildman–Crippen LogP) is 4.88. The highest BCUT2D eigenvalue weighted by Crippen LogP contribution is 2.28.